The molecule has 0 fully saturated rings. The van der Waals surface area contributed by atoms with Gasteiger partial charge in [0.25, 0.3) is 0 Å². The van der Waals surface area contributed by atoms with Gasteiger partial charge in [-0.3, -0.25) is 0 Å². The number of ether oxygens (including phenoxy) is 1. The number of benzene rings is 1. The minimum atomic E-state index is 0.464. The molecule has 1 aliphatic heterocycles. The third-order valence-electron chi connectivity index (χ3n) is 2.22. The highest BCUT2D eigenvalue weighted by atomic mass is 35.5. The first-order chi connectivity index (χ1) is 6.31. The van der Waals surface area contributed by atoms with Crippen LogP contribution in [0.5, 0.6) is 5.75 Å². The maximum absolute atomic E-state index is 6.00. The summed E-state index contributed by atoms with van der Waals surface area (Å²) in [5, 5.41) is 0.704. The van der Waals surface area contributed by atoms with Crippen LogP contribution in [0.4, 0.5) is 0 Å². The van der Waals surface area contributed by atoms with Crippen molar-refractivity contribution in [2.75, 3.05) is 6.61 Å². The van der Waals surface area contributed by atoms with Crippen LogP contribution in [0.3, 0.4) is 0 Å². The zero-order chi connectivity index (χ0) is 9.26. The zero-order valence-corrected chi connectivity index (χ0v) is 8.66. The fraction of sp³-hybridized carbons (Fsp3) is 0.400. The Bertz CT molecular complexity index is 323. The minimum Gasteiger partial charge on any atom is -0.493 e. The third-order valence-corrected chi connectivity index (χ3v) is 2.86. The average molecular weight is 217 g/mol. The molecule has 1 nitrogen and oxygen atoms in total. The Balaban J connectivity index is 2.44. The lowest BCUT2D eigenvalue weighted by molar-refractivity contribution is 0.288. The molecule has 0 saturated heterocycles. The molecule has 0 unspecified atom stereocenters. The number of rotatable bonds is 1. The van der Waals surface area contributed by atoms with E-state index in [4.69, 9.17) is 27.9 Å². The Kier molecular flexibility index (Phi) is 2.66. The summed E-state index contributed by atoms with van der Waals surface area (Å²) in [6.07, 6.45) is 2.15. The van der Waals surface area contributed by atoms with Crippen molar-refractivity contribution in [2.45, 2.75) is 18.7 Å². The topological polar surface area (TPSA) is 9.23 Å². The van der Waals surface area contributed by atoms with Crippen LogP contribution in [-0.2, 0) is 12.3 Å². The van der Waals surface area contributed by atoms with E-state index in [0.717, 1.165) is 30.8 Å². The summed E-state index contributed by atoms with van der Waals surface area (Å²) in [7, 11) is 0. The molecule has 0 saturated carbocycles. The van der Waals surface area contributed by atoms with Crippen LogP contribution in [0.25, 0.3) is 0 Å². The molecule has 0 amide bonds. The highest BCUT2D eigenvalue weighted by molar-refractivity contribution is 6.32. The van der Waals surface area contributed by atoms with Crippen LogP contribution < -0.4 is 4.74 Å². The maximum Gasteiger partial charge on any atom is 0.123 e. The van der Waals surface area contributed by atoms with Crippen molar-refractivity contribution in [1.29, 1.82) is 0 Å². The second-order valence-corrected chi connectivity index (χ2v) is 3.81. The molecule has 0 aliphatic carbocycles. The second-order valence-electron chi connectivity index (χ2n) is 3.14. The smallest absolute Gasteiger partial charge is 0.123 e. The second kappa shape index (κ2) is 3.77. The van der Waals surface area contributed by atoms with E-state index in [1.807, 2.05) is 12.1 Å². The Hall–Kier alpha value is -0.400. The van der Waals surface area contributed by atoms with Crippen molar-refractivity contribution in [1.82, 2.24) is 0 Å². The van der Waals surface area contributed by atoms with Gasteiger partial charge in [0.2, 0.25) is 0 Å². The summed E-state index contributed by atoms with van der Waals surface area (Å²) in [4.78, 5) is 0. The predicted octanol–water partition coefficient (Wildman–Crippen LogP) is 3.40. The van der Waals surface area contributed by atoms with Gasteiger partial charge in [0.15, 0.2) is 0 Å². The summed E-state index contributed by atoms with van der Waals surface area (Å²) in [5.74, 6) is 1.39. The summed E-state index contributed by atoms with van der Waals surface area (Å²) in [6, 6.07) is 3.91. The predicted molar refractivity (Wildman–Crippen MR) is 54.8 cm³/mol. The van der Waals surface area contributed by atoms with Crippen molar-refractivity contribution in [3.05, 3.63) is 28.3 Å². The highest BCUT2D eigenvalue weighted by Crippen LogP contribution is 2.31. The Morgan fingerprint density at radius 2 is 2.23 bits per heavy atom. The Morgan fingerprint density at radius 3 is 3.00 bits per heavy atom. The summed E-state index contributed by atoms with van der Waals surface area (Å²) in [5.41, 5.74) is 2.22. The molecular formula is C10H10Cl2O. The first-order valence-corrected chi connectivity index (χ1v) is 5.22. The summed E-state index contributed by atoms with van der Waals surface area (Å²) in [6.45, 7) is 0.795. The van der Waals surface area contributed by atoms with E-state index in [9.17, 15) is 0 Å². The zero-order valence-electron chi connectivity index (χ0n) is 7.15. The third kappa shape index (κ3) is 1.77. The van der Waals surface area contributed by atoms with Crippen LogP contribution in [0.15, 0.2) is 12.1 Å². The van der Waals surface area contributed by atoms with Crippen molar-refractivity contribution in [3.8, 4) is 5.75 Å². The van der Waals surface area contributed by atoms with Gasteiger partial charge >= 0.3 is 0 Å². The number of hydrogen-bond acceptors (Lipinski definition) is 1. The molecule has 0 bridgehead atoms. The van der Waals surface area contributed by atoms with Crippen molar-refractivity contribution in [2.24, 2.45) is 0 Å². The summed E-state index contributed by atoms with van der Waals surface area (Å²) < 4.78 is 5.48. The lowest BCUT2D eigenvalue weighted by Crippen LogP contribution is -2.08. The number of halogens is 2. The minimum absolute atomic E-state index is 0.464. The monoisotopic (exact) mass is 216 g/mol. The summed E-state index contributed by atoms with van der Waals surface area (Å²) >= 11 is 11.7. The van der Waals surface area contributed by atoms with Crippen LogP contribution >= 0.6 is 23.2 Å². The van der Waals surface area contributed by atoms with Gasteiger partial charge in [-0.2, -0.15) is 0 Å². The van der Waals surface area contributed by atoms with Crippen molar-refractivity contribution < 1.29 is 4.74 Å². The fourth-order valence-corrected chi connectivity index (χ4v) is 2.04. The number of alkyl halides is 1. The van der Waals surface area contributed by atoms with E-state index >= 15 is 0 Å². The van der Waals surface area contributed by atoms with E-state index in [-0.39, 0.29) is 0 Å². The highest BCUT2D eigenvalue weighted by Gasteiger charge is 2.12. The van der Waals surface area contributed by atoms with Gasteiger partial charge in [0.1, 0.15) is 5.75 Å². The van der Waals surface area contributed by atoms with Gasteiger partial charge in [-0.1, -0.05) is 11.6 Å². The SMILES string of the molecule is ClCc1cc2c(cc1Cl)OCCC2. The Morgan fingerprint density at radius 1 is 1.38 bits per heavy atom. The van der Waals surface area contributed by atoms with E-state index in [1.54, 1.807) is 0 Å². The lowest BCUT2D eigenvalue weighted by atomic mass is 10.0. The first-order valence-electron chi connectivity index (χ1n) is 4.31. The quantitative estimate of drug-likeness (QED) is 0.655. The van der Waals surface area contributed by atoms with Gasteiger partial charge in [-0.15, -0.1) is 11.6 Å². The molecule has 1 aromatic carbocycles. The molecule has 0 atom stereocenters. The van der Waals surface area contributed by atoms with Gasteiger partial charge in [0, 0.05) is 10.9 Å². The molecule has 3 heteroatoms. The molecule has 0 aromatic heterocycles. The Labute approximate surface area is 87.6 Å². The van der Waals surface area contributed by atoms with Gasteiger partial charge in [0.05, 0.1) is 6.61 Å². The van der Waals surface area contributed by atoms with Gasteiger partial charge in [-0.05, 0) is 36.1 Å². The molecule has 1 aromatic rings. The fourth-order valence-electron chi connectivity index (χ4n) is 1.53. The standard InChI is InChI=1S/C10H10Cl2O/c11-6-8-4-7-2-1-3-13-10(7)5-9(8)12/h4-5H,1-3,6H2. The molecule has 0 N–H and O–H groups in total. The molecule has 1 heterocycles. The molecule has 2 rings (SSSR count). The number of aryl methyl sites for hydroxylation is 1. The first kappa shape index (κ1) is 9.17. The van der Waals surface area contributed by atoms with Crippen LogP contribution in [0.1, 0.15) is 17.5 Å². The van der Waals surface area contributed by atoms with Crippen LogP contribution in [0, 0.1) is 0 Å². The molecular weight excluding hydrogens is 207 g/mol. The largest absolute Gasteiger partial charge is 0.493 e. The lowest BCUT2D eigenvalue weighted by Gasteiger charge is -2.18. The van der Waals surface area contributed by atoms with Crippen LogP contribution in [-0.4, -0.2) is 6.61 Å². The molecule has 70 valence electrons. The van der Waals surface area contributed by atoms with Crippen LogP contribution in [0.2, 0.25) is 5.02 Å². The molecule has 0 spiro atoms. The normalized spacial score (nSPS) is 14.9. The average Bonchev–Trinajstić information content (AvgIpc) is 2.17. The molecule has 1 aliphatic rings. The number of hydrogen-bond donors (Lipinski definition) is 0. The molecule has 0 radical (unpaired) electrons. The van der Waals surface area contributed by atoms with Gasteiger partial charge in [-0.25, -0.2) is 0 Å². The molecule has 13 heavy (non-hydrogen) atoms. The van der Waals surface area contributed by atoms with E-state index in [1.165, 1.54) is 5.56 Å². The number of fused-ring (bicyclic) bond motifs is 1. The van der Waals surface area contributed by atoms with E-state index in [2.05, 4.69) is 0 Å². The van der Waals surface area contributed by atoms with E-state index < -0.39 is 0 Å². The van der Waals surface area contributed by atoms with E-state index in [0.29, 0.717) is 10.9 Å². The van der Waals surface area contributed by atoms with Crippen molar-refractivity contribution in [3.63, 3.8) is 0 Å². The van der Waals surface area contributed by atoms with Gasteiger partial charge < -0.3 is 4.74 Å². The maximum atomic E-state index is 6.00. The van der Waals surface area contributed by atoms with Crippen molar-refractivity contribution >= 4 is 23.2 Å².